The van der Waals surface area contributed by atoms with Crippen molar-refractivity contribution in [3.63, 3.8) is 0 Å². The zero-order chi connectivity index (χ0) is 24.6. The number of para-hydroxylation sites is 2. The SMILES string of the molecule is [Ir].[c-]1cccc2c1-c1ncccc1-n1c3ccccc3c3cccc-2c31.[c-]1ccccc1-c1ccccn1. The monoisotopic (exact) mass is 664 g/mol. The maximum atomic E-state index is 4.72. The Morgan fingerprint density at radius 2 is 1.37 bits per heavy atom. The average molecular weight is 664 g/mol. The Hall–Kier alpha value is -4.37. The van der Waals surface area contributed by atoms with Gasteiger partial charge in [-0.1, -0.05) is 54.1 Å². The first-order valence-corrected chi connectivity index (χ1v) is 12.3. The van der Waals surface area contributed by atoms with Gasteiger partial charge in [0.25, 0.3) is 0 Å². The quantitative estimate of drug-likeness (QED) is 0.166. The van der Waals surface area contributed by atoms with E-state index in [-0.39, 0.29) is 20.1 Å². The Kier molecular flexibility index (Phi) is 6.43. The smallest absolute Gasteiger partial charge is 0.0533 e. The molecule has 7 aromatic rings. The van der Waals surface area contributed by atoms with Gasteiger partial charge >= 0.3 is 0 Å². The van der Waals surface area contributed by atoms with E-state index in [1.54, 1.807) is 6.20 Å². The van der Waals surface area contributed by atoms with E-state index >= 15 is 0 Å². The van der Waals surface area contributed by atoms with E-state index in [0.29, 0.717) is 0 Å². The van der Waals surface area contributed by atoms with Crippen LogP contribution in [0, 0.1) is 12.1 Å². The first kappa shape index (κ1) is 24.0. The van der Waals surface area contributed by atoms with Gasteiger partial charge in [-0.2, -0.15) is 0 Å². The Morgan fingerprint density at radius 3 is 2.24 bits per heavy atom. The van der Waals surface area contributed by atoms with Gasteiger partial charge in [0.05, 0.1) is 11.0 Å². The van der Waals surface area contributed by atoms with Crippen LogP contribution in [0.5, 0.6) is 0 Å². The van der Waals surface area contributed by atoms with Crippen LogP contribution in [0.2, 0.25) is 0 Å². The van der Waals surface area contributed by atoms with Crippen LogP contribution in [0.25, 0.3) is 61.1 Å². The van der Waals surface area contributed by atoms with Crippen LogP contribution in [-0.2, 0) is 20.1 Å². The number of benzene rings is 4. The van der Waals surface area contributed by atoms with Crippen molar-refractivity contribution in [1.29, 1.82) is 0 Å². The summed E-state index contributed by atoms with van der Waals surface area (Å²) in [5.41, 5.74) is 10.1. The molecule has 0 amide bonds. The van der Waals surface area contributed by atoms with Crippen molar-refractivity contribution in [3.05, 3.63) is 140 Å². The van der Waals surface area contributed by atoms with E-state index in [1.807, 2.05) is 60.8 Å². The van der Waals surface area contributed by atoms with E-state index < -0.39 is 0 Å². The normalized spacial score (nSPS) is 10.9. The molecule has 8 rings (SSSR count). The molecular formula is C34H21IrN3-2. The van der Waals surface area contributed by atoms with Gasteiger partial charge in [0.2, 0.25) is 0 Å². The Balaban J connectivity index is 0.000000172. The van der Waals surface area contributed by atoms with Crippen molar-refractivity contribution in [2.24, 2.45) is 0 Å². The van der Waals surface area contributed by atoms with Gasteiger partial charge in [0.1, 0.15) is 0 Å². The van der Waals surface area contributed by atoms with Crippen LogP contribution < -0.4 is 0 Å². The van der Waals surface area contributed by atoms with Crippen LogP contribution in [0.15, 0.2) is 128 Å². The average Bonchev–Trinajstić information content (AvgIpc) is 3.26. The van der Waals surface area contributed by atoms with Crippen molar-refractivity contribution in [2.45, 2.75) is 0 Å². The van der Waals surface area contributed by atoms with Crippen LogP contribution in [0.4, 0.5) is 0 Å². The molecule has 0 saturated carbocycles. The summed E-state index contributed by atoms with van der Waals surface area (Å²) in [7, 11) is 0. The molecule has 1 radical (unpaired) electrons. The molecule has 0 aliphatic carbocycles. The van der Waals surface area contributed by atoms with Gasteiger partial charge in [-0.3, -0.25) is 0 Å². The Bertz CT molecular complexity index is 1840. The molecular weight excluding hydrogens is 643 g/mol. The fourth-order valence-electron chi connectivity index (χ4n) is 5.19. The number of fused-ring (bicyclic) bond motifs is 8. The van der Waals surface area contributed by atoms with Crippen LogP contribution in [0.3, 0.4) is 0 Å². The molecule has 4 aromatic carbocycles. The van der Waals surface area contributed by atoms with Gasteiger partial charge in [0, 0.05) is 54.7 Å². The molecule has 0 fully saturated rings. The molecule has 0 spiro atoms. The number of rotatable bonds is 1. The van der Waals surface area contributed by atoms with Crippen molar-refractivity contribution in [2.75, 3.05) is 0 Å². The van der Waals surface area contributed by atoms with E-state index in [0.717, 1.165) is 28.2 Å². The minimum Gasteiger partial charge on any atom is -0.316 e. The third-order valence-electron chi connectivity index (χ3n) is 6.76. The molecule has 0 atom stereocenters. The molecule has 1 aliphatic heterocycles. The molecule has 1 aliphatic rings. The predicted octanol–water partition coefficient (Wildman–Crippen LogP) is 8.17. The van der Waals surface area contributed by atoms with Crippen molar-refractivity contribution < 1.29 is 20.1 Å². The summed E-state index contributed by atoms with van der Waals surface area (Å²) in [6, 6.07) is 45.8. The van der Waals surface area contributed by atoms with Crippen molar-refractivity contribution >= 4 is 21.8 Å². The number of aromatic nitrogens is 3. The summed E-state index contributed by atoms with van der Waals surface area (Å²) in [6.45, 7) is 0. The number of pyridine rings is 2. The molecule has 3 nitrogen and oxygen atoms in total. The maximum Gasteiger partial charge on any atom is 0.0533 e. The topological polar surface area (TPSA) is 30.7 Å². The van der Waals surface area contributed by atoms with Crippen molar-refractivity contribution in [1.82, 2.24) is 14.5 Å². The Morgan fingerprint density at radius 1 is 0.579 bits per heavy atom. The predicted molar refractivity (Wildman–Crippen MR) is 150 cm³/mol. The second-order valence-corrected chi connectivity index (χ2v) is 8.88. The van der Waals surface area contributed by atoms with E-state index in [2.05, 4.69) is 82.3 Å². The summed E-state index contributed by atoms with van der Waals surface area (Å²) < 4.78 is 2.36. The first-order valence-electron chi connectivity index (χ1n) is 12.3. The maximum absolute atomic E-state index is 4.72. The number of hydrogen-bond acceptors (Lipinski definition) is 2. The fraction of sp³-hybridized carbons (Fsp3) is 0. The standard InChI is InChI=1S/C23H13N2.C11H8N.Ir/c1-2-9-17-15(7-1)18-10-5-11-19-16-8-3-4-12-20(16)25(23(18)19)21-13-6-14-24-22(17)21;1-2-6-10(7-3-1)11-8-4-5-9-12-11;/h1-8,10-14H;1-6,8-9H;/q2*-1;. The second kappa shape index (κ2) is 10.2. The minimum absolute atomic E-state index is 0. The van der Waals surface area contributed by atoms with E-state index in [4.69, 9.17) is 4.98 Å². The molecule has 4 heterocycles. The summed E-state index contributed by atoms with van der Waals surface area (Å²) in [6.07, 6.45) is 3.65. The third-order valence-corrected chi connectivity index (χ3v) is 6.76. The molecule has 0 saturated heterocycles. The molecule has 0 unspecified atom stereocenters. The number of hydrogen-bond donors (Lipinski definition) is 0. The van der Waals surface area contributed by atoms with Gasteiger partial charge in [-0.15, -0.1) is 65.7 Å². The van der Waals surface area contributed by atoms with Gasteiger partial charge in [-0.05, 0) is 35.5 Å². The molecule has 0 bridgehead atoms. The van der Waals surface area contributed by atoms with E-state index in [9.17, 15) is 0 Å². The van der Waals surface area contributed by atoms with Gasteiger partial charge in [0.15, 0.2) is 0 Å². The summed E-state index contributed by atoms with van der Waals surface area (Å²) in [5.74, 6) is 0. The first-order chi connectivity index (χ1) is 18.4. The zero-order valence-electron chi connectivity index (χ0n) is 20.3. The summed E-state index contributed by atoms with van der Waals surface area (Å²) in [4.78, 5) is 8.94. The van der Waals surface area contributed by atoms with Crippen LogP contribution >= 0.6 is 0 Å². The second-order valence-electron chi connectivity index (χ2n) is 8.88. The molecule has 4 heteroatoms. The third kappa shape index (κ3) is 3.95. The minimum atomic E-state index is 0. The van der Waals surface area contributed by atoms with Crippen LogP contribution in [0.1, 0.15) is 0 Å². The van der Waals surface area contributed by atoms with E-state index in [1.165, 1.54) is 32.9 Å². The van der Waals surface area contributed by atoms with Gasteiger partial charge in [-0.25, -0.2) is 0 Å². The Labute approximate surface area is 234 Å². The number of nitrogens with zero attached hydrogens (tertiary/aromatic N) is 3. The van der Waals surface area contributed by atoms with Crippen molar-refractivity contribution in [3.8, 4) is 39.3 Å². The molecule has 3 aromatic heterocycles. The fourth-order valence-corrected chi connectivity index (χ4v) is 5.19. The molecule has 183 valence electrons. The molecule has 0 N–H and O–H groups in total. The summed E-state index contributed by atoms with van der Waals surface area (Å²) in [5, 5.41) is 2.55. The largest absolute Gasteiger partial charge is 0.316 e. The van der Waals surface area contributed by atoms with Gasteiger partial charge < -0.3 is 14.5 Å². The molecule has 38 heavy (non-hydrogen) atoms. The zero-order valence-corrected chi connectivity index (χ0v) is 22.7. The summed E-state index contributed by atoms with van der Waals surface area (Å²) >= 11 is 0. The van der Waals surface area contributed by atoms with Crippen LogP contribution in [-0.4, -0.2) is 14.5 Å².